The minimum atomic E-state index is -0.836. The number of hydrogen-bond donors (Lipinski definition) is 4. The third kappa shape index (κ3) is 3.47. The maximum atomic E-state index is 12.8. The molecule has 26 heavy (non-hydrogen) atoms. The van der Waals surface area contributed by atoms with Crippen molar-refractivity contribution in [3.05, 3.63) is 46.2 Å². The number of amides is 1. The fourth-order valence-corrected chi connectivity index (χ4v) is 2.89. The summed E-state index contributed by atoms with van der Waals surface area (Å²) in [5.41, 5.74) is 5.79. The number of H-pyrrole nitrogens is 1. The Morgan fingerprint density at radius 2 is 2.19 bits per heavy atom. The van der Waals surface area contributed by atoms with Crippen LogP contribution in [0.2, 0.25) is 0 Å². The SMILES string of the molecule is CCC(O)C1CNc2nc(N)[nH]c(=O)c2N1C(=O)OCc1ccccc1. The number of ether oxygens (including phenoxy) is 1. The Hall–Kier alpha value is -3.07. The number of nitrogen functional groups attached to an aromatic ring is 1. The number of carbonyl (C=O) groups is 1. The van der Waals surface area contributed by atoms with Crippen molar-refractivity contribution in [2.75, 3.05) is 22.5 Å². The van der Waals surface area contributed by atoms with Crippen LogP contribution in [0.4, 0.5) is 22.2 Å². The van der Waals surface area contributed by atoms with Gasteiger partial charge in [0.25, 0.3) is 5.56 Å². The highest BCUT2D eigenvalue weighted by Gasteiger charge is 2.38. The van der Waals surface area contributed by atoms with E-state index in [1.54, 1.807) is 6.92 Å². The van der Waals surface area contributed by atoms with Crippen molar-refractivity contribution in [3.63, 3.8) is 0 Å². The van der Waals surface area contributed by atoms with Crippen molar-refractivity contribution >= 4 is 23.5 Å². The van der Waals surface area contributed by atoms with Crippen LogP contribution in [0.1, 0.15) is 18.9 Å². The van der Waals surface area contributed by atoms with E-state index in [2.05, 4.69) is 15.3 Å². The Balaban J connectivity index is 1.92. The number of benzene rings is 1. The highest BCUT2D eigenvalue weighted by molar-refractivity contribution is 5.93. The molecule has 138 valence electrons. The zero-order chi connectivity index (χ0) is 18.7. The van der Waals surface area contributed by atoms with Gasteiger partial charge in [0.15, 0.2) is 11.5 Å². The highest BCUT2D eigenvalue weighted by Crippen LogP contribution is 2.29. The molecule has 1 aromatic heterocycles. The number of aliphatic hydroxyl groups is 1. The molecule has 0 radical (unpaired) electrons. The molecule has 1 aromatic carbocycles. The molecule has 0 saturated heterocycles. The van der Waals surface area contributed by atoms with Crippen molar-refractivity contribution in [2.45, 2.75) is 32.1 Å². The molecule has 0 saturated carbocycles. The summed E-state index contributed by atoms with van der Waals surface area (Å²) in [5, 5.41) is 13.3. The van der Waals surface area contributed by atoms with E-state index < -0.39 is 23.8 Å². The first-order valence-electron chi connectivity index (χ1n) is 8.33. The first-order valence-corrected chi connectivity index (χ1v) is 8.33. The Morgan fingerprint density at radius 1 is 1.46 bits per heavy atom. The lowest BCUT2D eigenvalue weighted by molar-refractivity contribution is 0.116. The number of hydrogen-bond acceptors (Lipinski definition) is 7. The largest absolute Gasteiger partial charge is 0.444 e. The number of rotatable bonds is 4. The first-order chi connectivity index (χ1) is 12.5. The van der Waals surface area contributed by atoms with Crippen LogP contribution in [0.15, 0.2) is 35.1 Å². The molecule has 2 atom stereocenters. The number of aromatic amines is 1. The van der Waals surface area contributed by atoms with Gasteiger partial charge in [0.2, 0.25) is 5.95 Å². The second-order valence-electron chi connectivity index (χ2n) is 5.98. The quantitative estimate of drug-likeness (QED) is 0.641. The summed E-state index contributed by atoms with van der Waals surface area (Å²) >= 11 is 0. The molecule has 5 N–H and O–H groups in total. The molecule has 1 aliphatic rings. The fraction of sp³-hybridized carbons (Fsp3) is 0.353. The van der Waals surface area contributed by atoms with E-state index in [1.807, 2.05) is 30.3 Å². The molecule has 0 spiro atoms. The average Bonchev–Trinajstić information content (AvgIpc) is 2.65. The lowest BCUT2D eigenvalue weighted by Gasteiger charge is -2.37. The molecule has 2 heterocycles. The molecule has 9 heteroatoms. The van der Waals surface area contributed by atoms with Crippen LogP contribution in [0.25, 0.3) is 0 Å². The van der Waals surface area contributed by atoms with Gasteiger partial charge in [0.05, 0.1) is 12.1 Å². The summed E-state index contributed by atoms with van der Waals surface area (Å²) in [4.78, 5) is 32.7. The van der Waals surface area contributed by atoms with Crippen LogP contribution >= 0.6 is 0 Å². The van der Waals surface area contributed by atoms with Crippen molar-refractivity contribution in [3.8, 4) is 0 Å². The number of nitrogens with one attached hydrogen (secondary N) is 2. The van der Waals surface area contributed by atoms with Gasteiger partial charge in [-0.1, -0.05) is 37.3 Å². The normalized spacial score (nSPS) is 17.2. The predicted octanol–water partition coefficient (Wildman–Crippen LogP) is 1.06. The number of nitrogens with two attached hydrogens (primary N) is 1. The Morgan fingerprint density at radius 3 is 2.88 bits per heavy atom. The summed E-state index contributed by atoms with van der Waals surface area (Å²) in [6.07, 6.45) is -1.16. The first kappa shape index (κ1) is 17.7. The number of carbonyl (C=O) groups excluding carboxylic acids is 1. The second kappa shape index (κ2) is 7.44. The summed E-state index contributed by atoms with van der Waals surface area (Å²) in [5.74, 6) is 0.121. The van der Waals surface area contributed by atoms with Crippen molar-refractivity contribution in [1.82, 2.24) is 9.97 Å². The van der Waals surface area contributed by atoms with Gasteiger partial charge in [-0.25, -0.2) is 4.79 Å². The summed E-state index contributed by atoms with van der Waals surface area (Å²) in [6.45, 7) is 2.06. The predicted molar refractivity (Wildman–Crippen MR) is 97.0 cm³/mol. The lowest BCUT2D eigenvalue weighted by Crippen LogP contribution is -2.55. The van der Waals surface area contributed by atoms with Gasteiger partial charge in [-0.2, -0.15) is 4.98 Å². The van der Waals surface area contributed by atoms with Crippen LogP contribution in [0.5, 0.6) is 0 Å². The van der Waals surface area contributed by atoms with E-state index in [1.165, 1.54) is 0 Å². The Bertz CT molecular complexity index is 839. The van der Waals surface area contributed by atoms with Crippen molar-refractivity contribution in [2.24, 2.45) is 0 Å². The summed E-state index contributed by atoms with van der Waals surface area (Å²) < 4.78 is 5.37. The smallest absolute Gasteiger partial charge is 0.415 e. The molecule has 0 bridgehead atoms. The highest BCUT2D eigenvalue weighted by atomic mass is 16.6. The number of nitrogens with zero attached hydrogens (tertiary/aromatic N) is 2. The molecule has 3 rings (SSSR count). The van der Waals surface area contributed by atoms with E-state index in [9.17, 15) is 14.7 Å². The minimum absolute atomic E-state index is 0.0130. The van der Waals surface area contributed by atoms with Gasteiger partial charge in [0.1, 0.15) is 6.61 Å². The second-order valence-corrected chi connectivity index (χ2v) is 5.98. The third-order valence-electron chi connectivity index (χ3n) is 4.23. The van der Waals surface area contributed by atoms with Gasteiger partial charge >= 0.3 is 6.09 Å². The van der Waals surface area contributed by atoms with Crippen molar-refractivity contribution in [1.29, 1.82) is 0 Å². The van der Waals surface area contributed by atoms with Crippen LogP contribution in [0.3, 0.4) is 0 Å². The molecule has 0 fully saturated rings. The van der Waals surface area contributed by atoms with Gasteiger partial charge < -0.3 is 20.9 Å². The molecular weight excluding hydrogens is 338 g/mol. The molecule has 2 unspecified atom stereocenters. The van der Waals surface area contributed by atoms with E-state index >= 15 is 0 Å². The average molecular weight is 359 g/mol. The lowest BCUT2D eigenvalue weighted by atomic mass is 10.0. The van der Waals surface area contributed by atoms with Crippen molar-refractivity contribution < 1.29 is 14.6 Å². The molecule has 1 aliphatic heterocycles. The third-order valence-corrected chi connectivity index (χ3v) is 4.23. The van der Waals surface area contributed by atoms with E-state index in [0.717, 1.165) is 10.5 Å². The molecular formula is C17H21N5O4. The van der Waals surface area contributed by atoms with Gasteiger partial charge in [-0.05, 0) is 12.0 Å². The standard InChI is InChI=1S/C17H21N5O4/c1-2-12(23)11-8-19-14-13(15(24)21-16(18)20-14)22(11)17(25)26-9-10-6-4-3-5-7-10/h3-7,11-12,23H,2,8-9H2,1H3,(H4,18,19,20,21,24). The minimum Gasteiger partial charge on any atom is -0.444 e. The monoisotopic (exact) mass is 359 g/mol. The number of aliphatic hydroxyl groups excluding tert-OH is 1. The van der Waals surface area contributed by atoms with E-state index in [4.69, 9.17) is 10.5 Å². The van der Waals surface area contributed by atoms with Crippen LogP contribution in [-0.4, -0.2) is 39.9 Å². The van der Waals surface area contributed by atoms with Gasteiger partial charge in [-0.3, -0.25) is 14.7 Å². The van der Waals surface area contributed by atoms with Crippen LogP contribution < -0.4 is 21.5 Å². The molecule has 1 amide bonds. The Kier molecular flexibility index (Phi) is 5.08. The van der Waals surface area contributed by atoms with Crippen LogP contribution in [-0.2, 0) is 11.3 Å². The summed E-state index contributed by atoms with van der Waals surface area (Å²) in [7, 11) is 0. The number of anilines is 3. The van der Waals surface area contributed by atoms with E-state index in [-0.39, 0.29) is 30.6 Å². The molecule has 0 aliphatic carbocycles. The zero-order valence-corrected chi connectivity index (χ0v) is 14.3. The maximum absolute atomic E-state index is 12.8. The topological polar surface area (TPSA) is 134 Å². The molecule has 2 aromatic rings. The molecule has 9 nitrogen and oxygen atoms in total. The van der Waals surface area contributed by atoms with Gasteiger partial charge in [-0.15, -0.1) is 0 Å². The van der Waals surface area contributed by atoms with E-state index in [0.29, 0.717) is 6.42 Å². The fourth-order valence-electron chi connectivity index (χ4n) is 2.89. The zero-order valence-electron chi connectivity index (χ0n) is 14.3. The number of fused-ring (bicyclic) bond motifs is 1. The number of aromatic nitrogens is 2. The maximum Gasteiger partial charge on any atom is 0.415 e. The summed E-state index contributed by atoms with van der Waals surface area (Å²) in [6, 6.07) is 8.52. The Labute approximate surface area is 149 Å². The van der Waals surface area contributed by atoms with Gasteiger partial charge in [0, 0.05) is 6.54 Å². The van der Waals surface area contributed by atoms with Crippen LogP contribution in [0, 0.1) is 0 Å².